The van der Waals surface area contributed by atoms with Gasteiger partial charge in [0.25, 0.3) is 5.91 Å². The molecule has 0 spiro atoms. The van der Waals surface area contributed by atoms with Gasteiger partial charge in [0.2, 0.25) is 0 Å². The molecule has 17 heteroatoms. The number of nitrogens with zero attached hydrogens (tertiary/aromatic N) is 1. The number of likely N-dealkylation sites (N-methyl/N-ethyl adjacent to an activating group) is 1. The fourth-order valence-electron chi connectivity index (χ4n) is 3.84. The number of rotatable bonds is 13. The van der Waals surface area contributed by atoms with Crippen molar-refractivity contribution in [3.63, 3.8) is 0 Å². The molecule has 14 nitrogen and oxygen atoms in total. The van der Waals surface area contributed by atoms with Gasteiger partial charge in [-0.25, -0.2) is 0 Å². The van der Waals surface area contributed by atoms with E-state index in [1.54, 1.807) is 0 Å². The average molecular weight is 674 g/mol. The zero-order valence-electron chi connectivity index (χ0n) is 24.8. The summed E-state index contributed by atoms with van der Waals surface area (Å²) in [5, 5.41) is 0. The minimum atomic E-state index is -4.18. The van der Waals surface area contributed by atoms with Crippen LogP contribution < -0.4 is 26.8 Å². The number of ether oxygens (including phenoxy) is 3. The zero-order chi connectivity index (χ0) is 33.0. The molecule has 0 aromatic heterocycles. The van der Waals surface area contributed by atoms with Crippen LogP contribution >= 0.6 is 0 Å². The average Bonchev–Trinajstić information content (AvgIpc) is 2.89. The molecule has 3 aromatic carbocycles. The Balaban J connectivity index is 2.29. The van der Waals surface area contributed by atoms with Crippen molar-refractivity contribution in [1.82, 2.24) is 4.90 Å². The maximum atomic E-state index is 12.4. The summed E-state index contributed by atoms with van der Waals surface area (Å²) in [6.07, 6.45) is 2.54. The number of amides is 1. The van der Waals surface area contributed by atoms with Gasteiger partial charge in [-0.3, -0.25) is 4.79 Å². The Hall–Kier alpha value is -4.22. The standard InChI is InChI=1S/C27H31NO13S3/c1-28(2)24(29)16-38-21-13-10-18(14-22(21)40-43(6,32)33)25-23(36-3)15-20(26(37-4)27(25)41-44(7,34)35)17-8-11-19(12-9-17)39-42(5,30)31/h8-15H,16H2,1-7H3. The first-order chi connectivity index (χ1) is 20.3. The largest absolute Gasteiger partial charge is 0.496 e. The predicted molar refractivity (Wildman–Crippen MR) is 161 cm³/mol. The second-order valence-corrected chi connectivity index (χ2v) is 14.2. The van der Waals surface area contributed by atoms with E-state index in [1.807, 2.05) is 0 Å². The molecular weight excluding hydrogens is 642 g/mol. The molecular formula is C27H31NO13S3. The van der Waals surface area contributed by atoms with Crippen LogP contribution in [0, 0.1) is 0 Å². The van der Waals surface area contributed by atoms with E-state index in [4.69, 9.17) is 26.8 Å². The molecule has 0 aliphatic heterocycles. The Morgan fingerprint density at radius 1 is 0.659 bits per heavy atom. The highest BCUT2D eigenvalue weighted by atomic mass is 32.2. The van der Waals surface area contributed by atoms with Crippen molar-refractivity contribution in [2.45, 2.75) is 0 Å². The third kappa shape index (κ3) is 9.14. The van der Waals surface area contributed by atoms with Gasteiger partial charge in [0.15, 0.2) is 29.6 Å². The molecule has 3 aromatic rings. The lowest BCUT2D eigenvalue weighted by molar-refractivity contribution is -0.130. The van der Waals surface area contributed by atoms with Gasteiger partial charge in [0, 0.05) is 19.7 Å². The summed E-state index contributed by atoms with van der Waals surface area (Å²) in [6, 6.07) is 11.4. The topological polar surface area (TPSA) is 178 Å². The number of hydrogen-bond donors (Lipinski definition) is 0. The van der Waals surface area contributed by atoms with Gasteiger partial charge >= 0.3 is 30.4 Å². The van der Waals surface area contributed by atoms with E-state index in [0.717, 1.165) is 18.8 Å². The van der Waals surface area contributed by atoms with Crippen LogP contribution in [0.15, 0.2) is 48.5 Å². The molecule has 0 unspecified atom stereocenters. The van der Waals surface area contributed by atoms with Gasteiger partial charge in [-0.15, -0.1) is 0 Å². The Morgan fingerprint density at radius 3 is 1.73 bits per heavy atom. The minimum absolute atomic E-state index is 0.0411. The van der Waals surface area contributed by atoms with Crippen LogP contribution in [0.1, 0.15) is 0 Å². The lowest BCUT2D eigenvalue weighted by Crippen LogP contribution is -2.27. The highest BCUT2D eigenvalue weighted by molar-refractivity contribution is 7.86. The lowest BCUT2D eigenvalue weighted by atomic mass is 9.96. The van der Waals surface area contributed by atoms with Crippen molar-refractivity contribution >= 4 is 36.3 Å². The van der Waals surface area contributed by atoms with Gasteiger partial charge in [-0.2, -0.15) is 25.3 Å². The van der Waals surface area contributed by atoms with Crippen molar-refractivity contribution < 1.29 is 56.8 Å². The molecule has 0 heterocycles. The first-order valence-electron chi connectivity index (χ1n) is 12.4. The maximum absolute atomic E-state index is 12.4. The van der Waals surface area contributed by atoms with Crippen molar-refractivity contribution in [1.29, 1.82) is 0 Å². The molecule has 0 aliphatic carbocycles. The number of methoxy groups -OCH3 is 2. The smallest absolute Gasteiger partial charge is 0.306 e. The predicted octanol–water partition coefficient (Wildman–Crippen LogP) is 2.52. The molecule has 0 N–H and O–H groups in total. The summed E-state index contributed by atoms with van der Waals surface area (Å²) in [7, 11) is -6.40. The molecule has 240 valence electrons. The van der Waals surface area contributed by atoms with Gasteiger partial charge < -0.3 is 31.7 Å². The second kappa shape index (κ2) is 13.2. The molecule has 44 heavy (non-hydrogen) atoms. The van der Waals surface area contributed by atoms with Crippen LogP contribution in [0.4, 0.5) is 0 Å². The number of carbonyl (C=O) groups is 1. The van der Waals surface area contributed by atoms with E-state index in [1.165, 1.54) is 81.7 Å². The molecule has 0 radical (unpaired) electrons. The highest BCUT2D eigenvalue weighted by Crippen LogP contribution is 2.51. The normalized spacial score (nSPS) is 11.8. The van der Waals surface area contributed by atoms with Gasteiger partial charge in [0.1, 0.15) is 11.5 Å². The van der Waals surface area contributed by atoms with E-state index >= 15 is 0 Å². The van der Waals surface area contributed by atoms with E-state index in [2.05, 4.69) is 0 Å². The maximum Gasteiger partial charge on any atom is 0.306 e. The monoisotopic (exact) mass is 673 g/mol. The van der Waals surface area contributed by atoms with Gasteiger partial charge in [0.05, 0.1) is 38.6 Å². The summed E-state index contributed by atoms with van der Waals surface area (Å²) in [5.74, 6) is -1.02. The first kappa shape index (κ1) is 34.3. The van der Waals surface area contributed by atoms with Crippen molar-refractivity contribution in [2.24, 2.45) is 0 Å². The fourth-order valence-corrected chi connectivity index (χ4v) is 5.22. The second-order valence-electron chi connectivity index (χ2n) is 9.49. The third-order valence-corrected chi connectivity index (χ3v) is 7.04. The quantitative estimate of drug-likeness (QED) is 0.242. The summed E-state index contributed by atoms with van der Waals surface area (Å²) >= 11 is 0. The molecule has 0 fully saturated rings. The van der Waals surface area contributed by atoms with E-state index < -0.39 is 42.9 Å². The van der Waals surface area contributed by atoms with E-state index in [0.29, 0.717) is 11.1 Å². The molecule has 0 aliphatic rings. The van der Waals surface area contributed by atoms with Crippen LogP contribution in [-0.4, -0.2) is 89.7 Å². The molecule has 0 atom stereocenters. The first-order valence-corrected chi connectivity index (χ1v) is 17.8. The van der Waals surface area contributed by atoms with Gasteiger partial charge in [-0.05, 0) is 41.5 Å². The molecule has 1 amide bonds. The fraction of sp³-hybridized carbons (Fsp3) is 0.296. The van der Waals surface area contributed by atoms with E-state index in [-0.39, 0.29) is 45.6 Å². The van der Waals surface area contributed by atoms with Crippen molar-refractivity contribution in [3.8, 4) is 56.8 Å². The van der Waals surface area contributed by atoms with Crippen LogP contribution in [0.5, 0.6) is 34.5 Å². The minimum Gasteiger partial charge on any atom is -0.496 e. The summed E-state index contributed by atoms with van der Waals surface area (Å²) in [4.78, 5) is 13.3. The number of benzene rings is 3. The van der Waals surface area contributed by atoms with Crippen molar-refractivity contribution in [2.75, 3.05) is 53.7 Å². The van der Waals surface area contributed by atoms with Gasteiger partial charge in [-0.1, -0.05) is 18.2 Å². The highest BCUT2D eigenvalue weighted by Gasteiger charge is 2.27. The van der Waals surface area contributed by atoms with Crippen LogP contribution in [-0.2, 0) is 35.1 Å². The van der Waals surface area contributed by atoms with E-state index in [9.17, 15) is 30.0 Å². The zero-order valence-corrected chi connectivity index (χ0v) is 27.3. The van der Waals surface area contributed by atoms with Crippen LogP contribution in [0.3, 0.4) is 0 Å². The number of hydrogen-bond acceptors (Lipinski definition) is 13. The Bertz CT molecular complexity index is 1870. The molecule has 3 rings (SSSR count). The Kier molecular flexibility index (Phi) is 10.3. The van der Waals surface area contributed by atoms with Crippen LogP contribution in [0.2, 0.25) is 0 Å². The summed E-state index contributed by atoms with van der Waals surface area (Å²) in [5.41, 5.74) is 0.964. The summed E-state index contributed by atoms with van der Waals surface area (Å²) in [6.45, 7) is -0.422. The third-order valence-electron chi connectivity index (χ3n) is 5.59. The molecule has 0 bridgehead atoms. The SMILES string of the molecule is COc1cc(-c2ccc(OS(C)(=O)=O)cc2)c(OC)c(OS(C)(=O)=O)c1-c1ccc(OCC(=O)N(C)C)c(OS(C)(=O)=O)c1. The Morgan fingerprint density at radius 2 is 1.23 bits per heavy atom. The Labute approximate surface area is 256 Å². The molecule has 0 saturated carbocycles. The lowest BCUT2D eigenvalue weighted by Gasteiger charge is -2.21. The van der Waals surface area contributed by atoms with Crippen molar-refractivity contribution in [3.05, 3.63) is 48.5 Å². The number of carbonyl (C=O) groups excluding carboxylic acids is 1. The van der Waals surface area contributed by atoms with Crippen LogP contribution in [0.25, 0.3) is 22.3 Å². The molecule has 0 saturated heterocycles. The summed E-state index contributed by atoms with van der Waals surface area (Å²) < 4.78 is 104.